The Morgan fingerprint density at radius 2 is 1.92 bits per heavy atom. The number of amides is 2. The number of nitrogens with two attached hydrogens (primary N) is 1. The van der Waals surface area contributed by atoms with E-state index in [1.165, 1.54) is 0 Å². The number of hydrogen-bond donors (Lipinski definition) is 3. The summed E-state index contributed by atoms with van der Waals surface area (Å²) < 4.78 is 1.00. The second-order valence-electron chi connectivity index (χ2n) is 7.34. The molecule has 1 aromatic rings. The fourth-order valence-corrected chi connectivity index (χ4v) is 3.51. The lowest BCUT2D eigenvalue weighted by atomic mass is 9.72. The molecule has 1 saturated heterocycles. The van der Waals surface area contributed by atoms with Crippen molar-refractivity contribution in [2.45, 2.75) is 39.0 Å². The van der Waals surface area contributed by atoms with Gasteiger partial charge in [0.05, 0.1) is 5.41 Å². The number of rotatable bonds is 4. The lowest BCUT2D eigenvalue weighted by molar-refractivity contribution is 0.175. The second-order valence-corrected chi connectivity index (χ2v) is 8.25. The van der Waals surface area contributed by atoms with Crippen LogP contribution in [-0.4, -0.2) is 36.4 Å². The summed E-state index contributed by atoms with van der Waals surface area (Å²) >= 11 is 3.45. The van der Waals surface area contributed by atoms with Crippen molar-refractivity contribution >= 4 is 27.8 Å². The molecule has 0 saturated carbocycles. The molecule has 6 heteroatoms. The monoisotopic (exact) mass is 408 g/mol. The molecule has 1 fully saturated rings. The van der Waals surface area contributed by atoms with Gasteiger partial charge in [0.2, 0.25) is 0 Å². The van der Waals surface area contributed by atoms with Crippen LogP contribution in [0.1, 0.15) is 39.2 Å². The van der Waals surface area contributed by atoms with Crippen LogP contribution < -0.4 is 11.1 Å². The van der Waals surface area contributed by atoms with Crippen molar-refractivity contribution in [2.24, 2.45) is 17.6 Å². The zero-order chi connectivity index (χ0) is 18.6. The van der Waals surface area contributed by atoms with E-state index in [1.54, 1.807) is 4.90 Å². The maximum absolute atomic E-state index is 12.6. The van der Waals surface area contributed by atoms with Crippen molar-refractivity contribution in [1.29, 1.82) is 5.41 Å². The van der Waals surface area contributed by atoms with E-state index in [-0.39, 0.29) is 17.8 Å². The molecule has 1 heterocycles. The number of piperidine rings is 1. The van der Waals surface area contributed by atoms with Gasteiger partial charge in [-0.1, -0.05) is 41.9 Å². The predicted octanol–water partition coefficient (Wildman–Crippen LogP) is 3.72. The normalized spacial score (nSPS) is 18.1. The van der Waals surface area contributed by atoms with Crippen LogP contribution in [0.5, 0.6) is 0 Å². The first-order valence-corrected chi connectivity index (χ1v) is 9.69. The summed E-state index contributed by atoms with van der Waals surface area (Å²) in [5.74, 6) is 0.924. The minimum Gasteiger partial charge on any atom is -0.330 e. The summed E-state index contributed by atoms with van der Waals surface area (Å²) in [6, 6.07) is 7.80. The topological polar surface area (TPSA) is 82.2 Å². The van der Waals surface area contributed by atoms with Gasteiger partial charge in [0, 0.05) is 17.6 Å². The summed E-state index contributed by atoms with van der Waals surface area (Å²) in [6.07, 6.45) is 1.87. The van der Waals surface area contributed by atoms with Crippen molar-refractivity contribution in [3.05, 3.63) is 34.3 Å². The molecule has 0 aliphatic carbocycles. The fourth-order valence-electron chi connectivity index (χ4n) is 3.25. The average Bonchev–Trinajstić information content (AvgIpc) is 2.61. The average molecular weight is 409 g/mol. The Kier molecular flexibility index (Phi) is 6.63. The van der Waals surface area contributed by atoms with Crippen LogP contribution in [0.25, 0.3) is 0 Å². The smallest absolute Gasteiger partial charge is 0.322 e. The number of nitrogens with one attached hydrogen (secondary N) is 2. The van der Waals surface area contributed by atoms with Gasteiger partial charge in [-0.05, 0) is 55.8 Å². The highest BCUT2D eigenvalue weighted by Crippen LogP contribution is 2.33. The summed E-state index contributed by atoms with van der Waals surface area (Å²) in [5, 5.41) is 11.4. The minimum absolute atomic E-state index is 0.171. The van der Waals surface area contributed by atoms with Gasteiger partial charge in [-0.3, -0.25) is 10.7 Å². The van der Waals surface area contributed by atoms with E-state index in [9.17, 15) is 4.79 Å². The summed E-state index contributed by atoms with van der Waals surface area (Å²) in [4.78, 5) is 14.4. The Morgan fingerprint density at radius 1 is 1.36 bits per heavy atom. The van der Waals surface area contributed by atoms with Crippen LogP contribution in [-0.2, 0) is 5.41 Å². The van der Waals surface area contributed by atoms with Crippen LogP contribution in [0.4, 0.5) is 4.79 Å². The number of likely N-dealkylation sites (tertiary alicyclic amines) is 1. The number of halogens is 1. The molecular weight excluding hydrogens is 380 g/mol. The number of carbonyl (C=O) groups is 1. The molecule has 1 unspecified atom stereocenters. The number of benzene rings is 1. The van der Waals surface area contributed by atoms with Gasteiger partial charge in [-0.15, -0.1) is 0 Å². The predicted molar refractivity (Wildman–Crippen MR) is 106 cm³/mol. The largest absolute Gasteiger partial charge is 0.330 e. The van der Waals surface area contributed by atoms with Crippen molar-refractivity contribution in [1.82, 2.24) is 10.2 Å². The lowest BCUT2D eigenvalue weighted by Gasteiger charge is -2.37. The molecule has 0 radical (unpaired) electrons. The zero-order valence-electron chi connectivity index (χ0n) is 15.3. The summed E-state index contributed by atoms with van der Waals surface area (Å²) in [5.41, 5.74) is 6.19. The molecule has 0 spiro atoms. The highest BCUT2D eigenvalue weighted by Gasteiger charge is 2.37. The maximum Gasteiger partial charge on any atom is 0.322 e. The third kappa shape index (κ3) is 4.42. The molecule has 1 aliphatic rings. The summed E-state index contributed by atoms with van der Waals surface area (Å²) in [6.45, 7) is 8.27. The van der Waals surface area contributed by atoms with Crippen LogP contribution in [0.15, 0.2) is 28.7 Å². The van der Waals surface area contributed by atoms with E-state index in [4.69, 9.17) is 11.1 Å². The third-order valence-corrected chi connectivity index (χ3v) is 6.11. The molecular formula is C19H29BrN4O. The van der Waals surface area contributed by atoms with E-state index in [0.29, 0.717) is 25.6 Å². The van der Waals surface area contributed by atoms with Crippen LogP contribution in [0.2, 0.25) is 0 Å². The first-order valence-electron chi connectivity index (χ1n) is 8.90. The number of hydrogen-bond acceptors (Lipinski definition) is 3. The van der Waals surface area contributed by atoms with Gasteiger partial charge in [0.1, 0.15) is 5.84 Å². The minimum atomic E-state index is -0.550. The molecule has 25 heavy (non-hydrogen) atoms. The molecule has 2 rings (SSSR count). The quantitative estimate of drug-likeness (QED) is 0.523. The molecule has 5 nitrogen and oxygen atoms in total. The van der Waals surface area contributed by atoms with E-state index in [1.807, 2.05) is 31.2 Å². The highest BCUT2D eigenvalue weighted by atomic mass is 79.9. The molecule has 1 aliphatic heterocycles. The Labute approximate surface area is 159 Å². The van der Waals surface area contributed by atoms with Crippen LogP contribution in [0.3, 0.4) is 0 Å². The van der Waals surface area contributed by atoms with E-state index in [2.05, 4.69) is 35.1 Å². The Bertz CT molecular complexity index is 608. The van der Waals surface area contributed by atoms with Crippen LogP contribution in [0, 0.1) is 17.2 Å². The van der Waals surface area contributed by atoms with Gasteiger partial charge in [-0.25, -0.2) is 4.79 Å². The van der Waals surface area contributed by atoms with Gasteiger partial charge in [0.25, 0.3) is 0 Å². The van der Waals surface area contributed by atoms with E-state index >= 15 is 0 Å². The Balaban J connectivity index is 2.10. The van der Waals surface area contributed by atoms with Gasteiger partial charge >= 0.3 is 6.03 Å². The SMILES string of the molecule is CC(C)C(C)(C(=N)NC(=O)N1CCC(CN)CC1)c1ccc(Br)cc1. The van der Waals surface area contributed by atoms with Crippen LogP contribution >= 0.6 is 15.9 Å². The zero-order valence-corrected chi connectivity index (χ0v) is 16.9. The molecule has 2 amide bonds. The second kappa shape index (κ2) is 8.32. The Morgan fingerprint density at radius 3 is 2.40 bits per heavy atom. The molecule has 138 valence electrons. The number of carbonyl (C=O) groups excluding carboxylic acids is 1. The highest BCUT2D eigenvalue weighted by molar-refractivity contribution is 9.10. The molecule has 1 atom stereocenters. The van der Waals surface area contributed by atoms with E-state index < -0.39 is 5.41 Å². The lowest BCUT2D eigenvalue weighted by Crippen LogP contribution is -2.53. The van der Waals surface area contributed by atoms with Gasteiger partial charge in [0.15, 0.2) is 0 Å². The number of amidine groups is 1. The van der Waals surface area contributed by atoms with E-state index in [0.717, 1.165) is 22.9 Å². The molecule has 4 N–H and O–H groups in total. The number of nitrogens with zero attached hydrogens (tertiary/aromatic N) is 1. The first-order chi connectivity index (χ1) is 11.8. The maximum atomic E-state index is 12.6. The fraction of sp³-hybridized carbons (Fsp3) is 0.579. The molecule has 0 aromatic heterocycles. The van der Waals surface area contributed by atoms with Crippen molar-refractivity contribution in [2.75, 3.05) is 19.6 Å². The van der Waals surface area contributed by atoms with Crippen molar-refractivity contribution < 1.29 is 4.79 Å². The Hall–Kier alpha value is -1.40. The van der Waals surface area contributed by atoms with Gasteiger partial charge in [-0.2, -0.15) is 0 Å². The van der Waals surface area contributed by atoms with Crippen molar-refractivity contribution in [3.63, 3.8) is 0 Å². The summed E-state index contributed by atoms with van der Waals surface area (Å²) in [7, 11) is 0. The first kappa shape index (κ1) is 19.9. The third-order valence-electron chi connectivity index (χ3n) is 5.58. The van der Waals surface area contributed by atoms with Crippen molar-refractivity contribution in [3.8, 4) is 0 Å². The van der Waals surface area contributed by atoms with Gasteiger partial charge < -0.3 is 10.6 Å². The standard InChI is InChI=1S/C19H29BrN4O/c1-13(2)19(3,15-4-6-16(20)7-5-15)17(22)23-18(25)24-10-8-14(12-21)9-11-24/h4-7,13-14H,8-12,21H2,1-3H3,(H2,22,23,25). The number of urea groups is 1. The molecule has 0 bridgehead atoms. The molecule has 1 aromatic carbocycles.